The number of rotatable bonds is 7. The summed E-state index contributed by atoms with van der Waals surface area (Å²) in [6.07, 6.45) is 10.0. The second-order valence-corrected chi connectivity index (χ2v) is 6.27. The summed E-state index contributed by atoms with van der Waals surface area (Å²) in [5.74, 6) is 0.174. The molecule has 2 rings (SSSR count). The van der Waals surface area contributed by atoms with E-state index in [0.29, 0.717) is 12.2 Å². The molecular weight excluding hydrogens is 308 g/mol. The summed E-state index contributed by atoms with van der Waals surface area (Å²) in [6, 6.07) is 2.17. The Morgan fingerprint density at radius 3 is 2.68 bits per heavy atom. The van der Waals surface area contributed by atoms with Gasteiger partial charge in [0, 0.05) is 37.1 Å². The zero-order valence-electron chi connectivity index (χ0n) is 15.2. The van der Waals surface area contributed by atoms with Gasteiger partial charge in [0.15, 0.2) is 12.2 Å². The summed E-state index contributed by atoms with van der Waals surface area (Å²) in [7, 11) is 1.71. The van der Waals surface area contributed by atoms with Gasteiger partial charge in [-0.05, 0) is 42.2 Å². The monoisotopic (exact) mass is 335 g/mol. The molecule has 1 aliphatic heterocycles. The highest BCUT2D eigenvalue weighted by molar-refractivity contribution is 5.84. The van der Waals surface area contributed by atoms with Crippen molar-refractivity contribution in [2.45, 2.75) is 19.4 Å². The molecule has 0 aliphatic carbocycles. The van der Waals surface area contributed by atoms with E-state index in [0.717, 1.165) is 34.4 Å². The first-order valence-corrected chi connectivity index (χ1v) is 8.39. The molecule has 0 bridgehead atoms. The van der Waals surface area contributed by atoms with Crippen molar-refractivity contribution in [3.63, 3.8) is 0 Å². The van der Waals surface area contributed by atoms with Gasteiger partial charge in [-0.25, -0.2) is 0 Å². The van der Waals surface area contributed by atoms with Crippen molar-refractivity contribution in [2.24, 2.45) is 5.92 Å². The van der Waals surface area contributed by atoms with Crippen LogP contribution >= 0.6 is 0 Å². The van der Waals surface area contributed by atoms with Crippen LogP contribution in [-0.2, 0) is 4.74 Å². The van der Waals surface area contributed by atoms with Gasteiger partial charge in [-0.3, -0.25) is 0 Å². The molecule has 0 radical (unpaired) electrons. The minimum Gasteiger partial charge on any atom is -0.385 e. The number of hydrogen-bond donors (Lipinski definition) is 1. The molecule has 1 aliphatic rings. The Hall–Kier alpha value is -2.52. The van der Waals surface area contributed by atoms with E-state index in [4.69, 9.17) is 10.1 Å². The second kappa shape index (κ2) is 8.04. The number of aromatic nitrogens is 1. The fraction of sp³-hybridized carbons (Fsp3) is 0.273. The van der Waals surface area contributed by atoms with Crippen LogP contribution in [0.15, 0.2) is 61.9 Å². The van der Waals surface area contributed by atoms with Crippen molar-refractivity contribution >= 4 is 17.9 Å². The van der Waals surface area contributed by atoms with Gasteiger partial charge in [-0.1, -0.05) is 32.4 Å². The highest BCUT2D eigenvalue weighted by atomic mass is 16.5. The molecule has 0 saturated carbocycles. The molecule has 130 valence electrons. The van der Waals surface area contributed by atoms with Crippen molar-refractivity contribution in [3.05, 3.63) is 78.7 Å². The van der Waals surface area contributed by atoms with Crippen LogP contribution in [0.4, 0.5) is 0 Å². The Bertz CT molecular complexity index is 770. The molecule has 0 amide bonds. The molecule has 25 heavy (non-hydrogen) atoms. The fourth-order valence-corrected chi connectivity index (χ4v) is 3.57. The van der Waals surface area contributed by atoms with Crippen molar-refractivity contribution in [2.75, 3.05) is 13.7 Å². The number of hydrogen-bond acceptors (Lipinski definition) is 2. The third-order valence-corrected chi connectivity index (χ3v) is 4.85. The Morgan fingerprint density at radius 1 is 1.40 bits per heavy atom. The molecule has 0 saturated heterocycles. The first-order chi connectivity index (χ1) is 12.0. The lowest BCUT2D eigenvalue weighted by molar-refractivity contribution is -0.722. The minimum absolute atomic E-state index is 0.0954. The number of pyridine rings is 1. The lowest BCUT2D eigenvalue weighted by Gasteiger charge is -2.31. The van der Waals surface area contributed by atoms with Gasteiger partial charge in [0.25, 0.3) is 0 Å². The average molecular weight is 335 g/mol. The van der Waals surface area contributed by atoms with Gasteiger partial charge in [-0.15, -0.1) is 0 Å². The maximum absolute atomic E-state index is 7.48. The topological polar surface area (TPSA) is 37.0 Å². The lowest BCUT2D eigenvalue weighted by atomic mass is 9.77. The van der Waals surface area contributed by atoms with Gasteiger partial charge < -0.3 is 10.1 Å². The Balaban J connectivity index is 2.72. The first kappa shape index (κ1) is 18.8. The largest absolute Gasteiger partial charge is 0.385 e. The van der Waals surface area contributed by atoms with E-state index in [9.17, 15) is 0 Å². The summed E-state index contributed by atoms with van der Waals surface area (Å²) in [4.78, 5) is 0. The number of methoxy groups -OCH3 is 1. The normalized spacial score (nSPS) is 20.9. The van der Waals surface area contributed by atoms with Crippen LogP contribution < -0.4 is 4.57 Å². The van der Waals surface area contributed by atoms with Crippen LogP contribution in [0.5, 0.6) is 0 Å². The predicted octanol–water partition coefficient (Wildman–Crippen LogP) is 4.46. The van der Waals surface area contributed by atoms with Gasteiger partial charge in [0.2, 0.25) is 5.69 Å². The van der Waals surface area contributed by atoms with Gasteiger partial charge in [0.05, 0.1) is 5.92 Å². The third kappa shape index (κ3) is 3.47. The highest BCUT2D eigenvalue weighted by Crippen LogP contribution is 2.40. The summed E-state index contributed by atoms with van der Waals surface area (Å²) in [6.45, 7) is 19.0. The molecule has 0 spiro atoms. The van der Waals surface area contributed by atoms with Crippen LogP contribution in [0.3, 0.4) is 0 Å². The number of fused-ring (bicyclic) bond motifs is 1. The van der Waals surface area contributed by atoms with Crippen molar-refractivity contribution in [1.29, 1.82) is 5.41 Å². The van der Waals surface area contributed by atoms with Crippen molar-refractivity contribution in [1.82, 2.24) is 0 Å². The van der Waals surface area contributed by atoms with Gasteiger partial charge >= 0.3 is 0 Å². The average Bonchev–Trinajstić information content (AvgIpc) is 2.62. The van der Waals surface area contributed by atoms with Gasteiger partial charge in [0.1, 0.15) is 0 Å². The maximum Gasteiger partial charge on any atom is 0.216 e. The van der Waals surface area contributed by atoms with E-state index in [-0.39, 0.29) is 12.0 Å². The summed E-state index contributed by atoms with van der Waals surface area (Å²) in [5, 5.41) is 7.48. The third-order valence-electron chi connectivity index (χ3n) is 4.85. The van der Waals surface area contributed by atoms with E-state index in [1.807, 2.05) is 18.2 Å². The Kier molecular flexibility index (Phi) is 6.05. The summed E-state index contributed by atoms with van der Waals surface area (Å²) in [5.41, 5.74) is 6.04. The minimum atomic E-state index is 0.0954. The Morgan fingerprint density at radius 2 is 2.12 bits per heavy atom. The van der Waals surface area contributed by atoms with Crippen molar-refractivity contribution < 1.29 is 9.30 Å². The van der Waals surface area contributed by atoms with E-state index in [1.54, 1.807) is 7.11 Å². The summed E-state index contributed by atoms with van der Waals surface area (Å²) >= 11 is 0. The van der Waals surface area contributed by atoms with E-state index in [1.165, 1.54) is 6.21 Å². The molecule has 0 fully saturated rings. The molecule has 2 atom stereocenters. The number of ether oxygens (including phenoxy) is 1. The smallest absolute Gasteiger partial charge is 0.216 e. The SMILES string of the molecule is C=Cc1cc[n+]2c(c1C)C(=C)/C(=C\C(=C)C=N)C(CCOC)C2C=C. The summed E-state index contributed by atoms with van der Waals surface area (Å²) < 4.78 is 7.56. The van der Waals surface area contributed by atoms with Crippen LogP contribution in [0.1, 0.15) is 29.3 Å². The van der Waals surface area contributed by atoms with E-state index in [2.05, 4.69) is 50.1 Å². The zero-order valence-corrected chi connectivity index (χ0v) is 15.2. The van der Waals surface area contributed by atoms with Gasteiger partial charge in [-0.2, -0.15) is 4.57 Å². The van der Waals surface area contributed by atoms with Crippen LogP contribution in [0.25, 0.3) is 11.6 Å². The molecule has 0 aromatic carbocycles. The zero-order chi connectivity index (χ0) is 18.6. The molecular formula is C22H27N2O+. The van der Waals surface area contributed by atoms with Crippen LogP contribution in [0.2, 0.25) is 0 Å². The van der Waals surface area contributed by atoms with Crippen molar-refractivity contribution in [3.8, 4) is 0 Å². The van der Waals surface area contributed by atoms with Crippen LogP contribution in [-0.4, -0.2) is 19.9 Å². The molecule has 1 aromatic heterocycles. The first-order valence-electron chi connectivity index (χ1n) is 8.39. The fourth-order valence-electron chi connectivity index (χ4n) is 3.57. The second-order valence-electron chi connectivity index (χ2n) is 6.27. The maximum atomic E-state index is 7.48. The number of nitrogens with one attached hydrogen (secondary N) is 1. The van der Waals surface area contributed by atoms with E-state index < -0.39 is 0 Å². The Labute approximate surface area is 150 Å². The number of allylic oxidation sites excluding steroid dienone is 5. The molecule has 1 N–H and O–H groups in total. The number of nitrogens with zero attached hydrogens (tertiary/aromatic N) is 1. The molecule has 1 aromatic rings. The molecule has 3 nitrogen and oxygen atoms in total. The van der Waals surface area contributed by atoms with Crippen LogP contribution in [0, 0.1) is 18.3 Å². The quantitative estimate of drug-likeness (QED) is 0.446. The van der Waals surface area contributed by atoms with E-state index >= 15 is 0 Å². The predicted molar refractivity (Wildman–Crippen MR) is 106 cm³/mol. The standard InChI is InChI=1S/C22H27N2O/c1-7-18-9-11-24-21(8-2)19(10-12-25-6)20(13-15(3)14-23)17(5)22(24)16(18)4/h7-9,11,13-14,19,21,23H,1-3,5,10,12H2,4,6H3/q+1/b20-13+,23-14?. The molecule has 2 heterocycles. The highest BCUT2D eigenvalue weighted by Gasteiger charge is 2.40. The molecule has 2 unspecified atom stereocenters. The lowest BCUT2D eigenvalue weighted by Crippen LogP contribution is -2.50. The molecule has 3 heteroatoms.